The number of benzene rings is 1. The number of nitrogens with zero attached hydrogens (tertiary/aromatic N) is 2. The summed E-state index contributed by atoms with van der Waals surface area (Å²) in [5.41, 5.74) is 5.46. The molecule has 0 aliphatic rings. The largest absolute Gasteiger partial charge is 0.496 e. The van der Waals surface area contributed by atoms with Crippen LogP contribution in [-0.4, -0.2) is 35.9 Å². The molecule has 6 heteroatoms. The van der Waals surface area contributed by atoms with Gasteiger partial charge in [-0.15, -0.1) is 0 Å². The Balaban J connectivity index is 1.76. The highest BCUT2D eigenvalue weighted by Crippen LogP contribution is 2.35. The molecule has 0 aliphatic heterocycles. The van der Waals surface area contributed by atoms with Crippen LogP contribution < -0.4 is 14.8 Å². The minimum Gasteiger partial charge on any atom is -0.496 e. The van der Waals surface area contributed by atoms with E-state index in [-0.39, 0.29) is 0 Å². The third-order valence-electron chi connectivity index (χ3n) is 4.71. The number of aromatic amines is 1. The lowest BCUT2D eigenvalue weighted by molar-refractivity contribution is 0.409. The maximum absolute atomic E-state index is 5.49. The third kappa shape index (κ3) is 3.45. The van der Waals surface area contributed by atoms with Crippen molar-refractivity contribution in [1.82, 2.24) is 15.2 Å². The lowest BCUT2D eigenvalue weighted by Gasteiger charge is -2.14. The molecule has 0 saturated heterocycles. The van der Waals surface area contributed by atoms with Crippen molar-refractivity contribution in [3.05, 3.63) is 40.7 Å². The number of hydrogen-bond donors (Lipinski definition) is 2. The summed E-state index contributed by atoms with van der Waals surface area (Å²) >= 11 is 0. The van der Waals surface area contributed by atoms with Crippen molar-refractivity contribution in [2.45, 2.75) is 33.6 Å². The first-order valence-electron chi connectivity index (χ1n) is 8.81. The number of aromatic nitrogens is 3. The average Bonchev–Trinajstić information content (AvgIpc) is 2.96. The van der Waals surface area contributed by atoms with Gasteiger partial charge in [0.2, 0.25) is 0 Å². The number of rotatable bonds is 7. The van der Waals surface area contributed by atoms with Gasteiger partial charge in [-0.2, -0.15) is 5.10 Å². The predicted molar refractivity (Wildman–Crippen MR) is 104 cm³/mol. The fraction of sp³-hybridized carbons (Fsp3) is 0.400. The van der Waals surface area contributed by atoms with Crippen LogP contribution in [0.2, 0.25) is 0 Å². The SMILES string of the molecule is COc1ccc(OC)c2c(C)cc(NCCCc3c(C)n[nH]c3C)nc12. The Hall–Kier alpha value is -2.76. The van der Waals surface area contributed by atoms with Gasteiger partial charge in [-0.3, -0.25) is 5.10 Å². The molecule has 0 spiro atoms. The molecule has 3 rings (SSSR count). The predicted octanol–water partition coefficient (Wildman–Crippen LogP) is 3.95. The number of anilines is 1. The standard InChI is InChI=1S/C20H26N4O2/c1-12-11-18(21-10-6-7-15-13(2)23-24-14(15)3)22-20-17(26-5)9-8-16(25-4)19(12)20/h8-9,11H,6-7,10H2,1-5H3,(H,21,22)(H,23,24). The molecule has 26 heavy (non-hydrogen) atoms. The molecule has 0 unspecified atom stereocenters. The van der Waals surface area contributed by atoms with E-state index < -0.39 is 0 Å². The van der Waals surface area contributed by atoms with Crippen LogP contribution in [0.3, 0.4) is 0 Å². The molecule has 0 saturated carbocycles. The van der Waals surface area contributed by atoms with Crippen molar-refractivity contribution >= 4 is 16.7 Å². The summed E-state index contributed by atoms with van der Waals surface area (Å²) in [5.74, 6) is 2.41. The summed E-state index contributed by atoms with van der Waals surface area (Å²) in [7, 11) is 3.33. The molecule has 0 fully saturated rings. The summed E-state index contributed by atoms with van der Waals surface area (Å²) < 4.78 is 11.0. The minimum absolute atomic E-state index is 0.747. The van der Waals surface area contributed by atoms with Crippen LogP contribution >= 0.6 is 0 Å². The second kappa shape index (κ2) is 7.64. The molecular weight excluding hydrogens is 328 g/mol. The molecule has 2 aromatic heterocycles. The van der Waals surface area contributed by atoms with Gasteiger partial charge < -0.3 is 14.8 Å². The van der Waals surface area contributed by atoms with Crippen LogP contribution in [0.4, 0.5) is 5.82 Å². The first kappa shape index (κ1) is 18.0. The van der Waals surface area contributed by atoms with Gasteiger partial charge in [0.15, 0.2) is 0 Å². The second-order valence-corrected chi connectivity index (χ2v) is 6.46. The normalized spacial score (nSPS) is 11.0. The van der Waals surface area contributed by atoms with Gasteiger partial charge in [0.25, 0.3) is 0 Å². The lowest BCUT2D eigenvalue weighted by atomic mass is 10.1. The van der Waals surface area contributed by atoms with E-state index in [4.69, 9.17) is 14.5 Å². The molecule has 0 bridgehead atoms. The quantitative estimate of drug-likeness (QED) is 0.629. The molecule has 3 aromatic rings. The van der Waals surface area contributed by atoms with Crippen molar-refractivity contribution in [3.8, 4) is 11.5 Å². The van der Waals surface area contributed by atoms with Gasteiger partial charge >= 0.3 is 0 Å². The zero-order valence-electron chi connectivity index (χ0n) is 16.1. The van der Waals surface area contributed by atoms with E-state index in [1.807, 2.05) is 19.1 Å². The summed E-state index contributed by atoms with van der Waals surface area (Å²) in [6.45, 7) is 7.01. The maximum Gasteiger partial charge on any atom is 0.145 e. The van der Waals surface area contributed by atoms with Crippen molar-refractivity contribution < 1.29 is 9.47 Å². The Morgan fingerprint density at radius 2 is 1.81 bits per heavy atom. The molecule has 2 N–H and O–H groups in total. The van der Waals surface area contributed by atoms with Gasteiger partial charge in [-0.25, -0.2) is 4.98 Å². The molecule has 2 heterocycles. The molecule has 138 valence electrons. The molecule has 0 atom stereocenters. The Labute approximate surface area is 153 Å². The zero-order chi connectivity index (χ0) is 18.7. The monoisotopic (exact) mass is 354 g/mol. The van der Waals surface area contributed by atoms with Crippen LogP contribution in [0.1, 0.15) is 28.9 Å². The van der Waals surface area contributed by atoms with E-state index in [0.29, 0.717) is 0 Å². The number of H-pyrrole nitrogens is 1. The minimum atomic E-state index is 0.747. The van der Waals surface area contributed by atoms with Crippen LogP contribution in [0.25, 0.3) is 10.9 Å². The topological polar surface area (TPSA) is 72.1 Å². The number of hydrogen-bond acceptors (Lipinski definition) is 5. The highest BCUT2D eigenvalue weighted by molar-refractivity contribution is 5.94. The van der Waals surface area contributed by atoms with E-state index in [1.54, 1.807) is 14.2 Å². The second-order valence-electron chi connectivity index (χ2n) is 6.46. The zero-order valence-corrected chi connectivity index (χ0v) is 16.1. The number of ether oxygens (including phenoxy) is 2. The molecular formula is C20H26N4O2. The Morgan fingerprint density at radius 3 is 2.46 bits per heavy atom. The highest BCUT2D eigenvalue weighted by Gasteiger charge is 2.13. The maximum atomic E-state index is 5.49. The van der Waals surface area contributed by atoms with E-state index >= 15 is 0 Å². The van der Waals surface area contributed by atoms with Crippen LogP contribution in [0.15, 0.2) is 18.2 Å². The van der Waals surface area contributed by atoms with Gasteiger partial charge in [0, 0.05) is 17.6 Å². The number of methoxy groups -OCH3 is 2. The highest BCUT2D eigenvalue weighted by atomic mass is 16.5. The summed E-state index contributed by atoms with van der Waals surface area (Å²) in [6.07, 6.45) is 2.00. The molecule has 0 aliphatic carbocycles. The van der Waals surface area contributed by atoms with Gasteiger partial charge in [-0.1, -0.05) is 0 Å². The van der Waals surface area contributed by atoms with E-state index in [1.165, 1.54) is 5.56 Å². The number of fused-ring (bicyclic) bond motifs is 1. The first-order valence-corrected chi connectivity index (χ1v) is 8.81. The van der Waals surface area contributed by atoms with Crippen LogP contribution in [0.5, 0.6) is 11.5 Å². The Bertz CT molecular complexity index is 898. The fourth-order valence-electron chi connectivity index (χ4n) is 3.33. The summed E-state index contributed by atoms with van der Waals surface area (Å²) in [4.78, 5) is 4.75. The molecule has 6 nitrogen and oxygen atoms in total. The van der Waals surface area contributed by atoms with Crippen molar-refractivity contribution in [1.29, 1.82) is 0 Å². The number of aryl methyl sites for hydroxylation is 3. The van der Waals surface area contributed by atoms with E-state index in [2.05, 4.69) is 35.4 Å². The fourth-order valence-corrected chi connectivity index (χ4v) is 3.33. The van der Waals surface area contributed by atoms with E-state index in [9.17, 15) is 0 Å². The van der Waals surface area contributed by atoms with Crippen molar-refractivity contribution in [2.24, 2.45) is 0 Å². The van der Waals surface area contributed by atoms with Gasteiger partial charge in [0.05, 0.1) is 19.9 Å². The summed E-state index contributed by atoms with van der Waals surface area (Å²) in [5, 5.41) is 11.7. The summed E-state index contributed by atoms with van der Waals surface area (Å²) in [6, 6.07) is 5.86. The molecule has 0 radical (unpaired) electrons. The van der Waals surface area contributed by atoms with Crippen LogP contribution in [-0.2, 0) is 6.42 Å². The Morgan fingerprint density at radius 1 is 1.08 bits per heavy atom. The Kier molecular flexibility index (Phi) is 5.30. The number of pyridine rings is 1. The van der Waals surface area contributed by atoms with Gasteiger partial charge in [0.1, 0.15) is 22.8 Å². The number of nitrogens with one attached hydrogen (secondary N) is 2. The van der Waals surface area contributed by atoms with Crippen molar-refractivity contribution in [2.75, 3.05) is 26.1 Å². The van der Waals surface area contributed by atoms with Crippen LogP contribution in [0, 0.1) is 20.8 Å². The van der Waals surface area contributed by atoms with Gasteiger partial charge in [-0.05, 0) is 62.9 Å². The van der Waals surface area contributed by atoms with Crippen molar-refractivity contribution in [3.63, 3.8) is 0 Å². The van der Waals surface area contributed by atoms with E-state index in [0.717, 1.165) is 64.6 Å². The molecule has 0 amide bonds. The average molecular weight is 354 g/mol. The third-order valence-corrected chi connectivity index (χ3v) is 4.71. The molecule has 1 aromatic carbocycles. The lowest BCUT2D eigenvalue weighted by Crippen LogP contribution is -2.06. The smallest absolute Gasteiger partial charge is 0.145 e. The first-order chi connectivity index (χ1) is 12.5.